The van der Waals surface area contributed by atoms with E-state index in [9.17, 15) is 0 Å². The minimum Gasteiger partial charge on any atom is -0.496 e. The van der Waals surface area contributed by atoms with E-state index < -0.39 is 0 Å². The van der Waals surface area contributed by atoms with Crippen molar-refractivity contribution in [1.82, 2.24) is 0 Å². The van der Waals surface area contributed by atoms with Crippen molar-refractivity contribution in [2.24, 2.45) is 76.9 Å². The summed E-state index contributed by atoms with van der Waals surface area (Å²) in [6, 6.07) is 13.5. The van der Waals surface area contributed by atoms with Gasteiger partial charge in [-0.3, -0.25) is 0 Å². The van der Waals surface area contributed by atoms with Crippen LogP contribution >= 0.6 is 0 Å². The Morgan fingerprint density at radius 2 is 1.19 bits per heavy atom. The first-order valence-corrected chi connectivity index (χ1v) is 13.2. The zero-order chi connectivity index (χ0) is 21.3. The molecule has 8 saturated carbocycles. The molecular formula is C30H34O2. The normalized spacial score (nSPS) is 53.9. The van der Waals surface area contributed by atoms with E-state index in [1.54, 1.807) is 12.7 Å². The zero-order valence-corrected chi connectivity index (χ0v) is 19.6. The summed E-state index contributed by atoms with van der Waals surface area (Å²) in [5.74, 6) is 14.2. The predicted molar refractivity (Wildman–Crippen MR) is 124 cm³/mol. The summed E-state index contributed by atoms with van der Waals surface area (Å²) in [6.07, 6.45) is 1.90. The number of methoxy groups -OCH3 is 1. The van der Waals surface area contributed by atoms with E-state index in [2.05, 4.69) is 57.2 Å². The number of hydrogen-bond donors (Lipinski definition) is 0. The second kappa shape index (κ2) is 5.24. The summed E-state index contributed by atoms with van der Waals surface area (Å²) in [6.45, 7) is 6.84. The molecule has 2 heteroatoms. The standard InChI is InChI=1S/C30H34O2/c1-30(2,3)32-29-27-23-19-17-15(11-12-9-10-16(31-4)14-8-6-5-7-13(12)14)18-21(19)25(27)26-22(18)20(17)24(23)28(26)29/h5-10,15,17-29H,11H2,1-4H3. The molecule has 2 aromatic rings. The van der Waals surface area contributed by atoms with Gasteiger partial charge < -0.3 is 9.47 Å². The van der Waals surface area contributed by atoms with Crippen molar-refractivity contribution in [1.29, 1.82) is 0 Å². The molecule has 0 aliphatic heterocycles. The van der Waals surface area contributed by atoms with E-state index in [0.717, 1.165) is 82.7 Å². The summed E-state index contributed by atoms with van der Waals surface area (Å²) in [4.78, 5) is 0. The molecule has 0 spiro atoms. The fourth-order valence-corrected chi connectivity index (χ4v) is 12.5. The number of fused-ring (bicyclic) bond motifs is 1. The largest absolute Gasteiger partial charge is 0.496 e. The number of benzene rings is 2. The molecule has 0 saturated heterocycles. The van der Waals surface area contributed by atoms with E-state index >= 15 is 0 Å². The molecule has 0 heterocycles. The number of hydrogen-bond acceptors (Lipinski definition) is 2. The van der Waals surface area contributed by atoms with Gasteiger partial charge in [-0.1, -0.05) is 30.3 Å². The Morgan fingerprint density at radius 1 is 0.656 bits per heavy atom. The molecule has 4 bridgehead atoms. The molecule has 166 valence electrons. The highest BCUT2D eigenvalue weighted by molar-refractivity contribution is 5.91. The summed E-state index contributed by atoms with van der Waals surface area (Å²) >= 11 is 0. The SMILES string of the molecule is COc1ccc(CC2C3C4C5C2C2C3C3C6C(OC(C)(C)C)C(C43)C5C62)c2ccccc12. The van der Waals surface area contributed by atoms with Gasteiger partial charge in [0.1, 0.15) is 5.75 Å². The molecule has 2 aromatic carbocycles. The maximum Gasteiger partial charge on any atom is 0.126 e. The molecule has 8 atom stereocenters. The van der Waals surface area contributed by atoms with Crippen molar-refractivity contribution in [2.45, 2.75) is 38.9 Å². The van der Waals surface area contributed by atoms with Gasteiger partial charge in [0, 0.05) is 5.39 Å². The predicted octanol–water partition coefficient (Wildman–Crippen LogP) is 5.68. The van der Waals surface area contributed by atoms with Crippen LogP contribution in [0.2, 0.25) is 0 Å². The molecule has 0 N–H and O–H groups in total. The quantitative estimate of drug-likeness (QED) is 0.626. The van der Waals surface area contributed by atoms with Crippen LogP contribution in [0.4, 0.5) is 0 Å². The summed E-state index contributed by atoms with van der Waals surface area (Å²) in [5.41, 5.74) is 1.59. The molecule has 0 radical (unpaired) electrons. The molecule has 0 amide bonds. The lowest BCUT2D eigenvalue weighted by molar-refractivity contribution is -0.0869. The Morgan fingerprint density at radius 3 is 1.72 bits per heavy atom. The lowest BCUT2D eigenvalue weighted by Crippen LogP contribution is -2.33. The molecule has 8 aliphatic carbocycles. The molecule has 32 heavy (non-hydrogen) atoms. The monoisotopic (exact) mass is 426 g/mol. The highest BCUT2D eigenvalue weighted by atomic mass is 16.5. The highest BCUT2D eigenvalue weighted by Crippen LogP contribution is 2.94. The Hall–Kier alpha value is -1.54. The van der Waals surface area contributed by atoms with Gasteiger partial charge in [0.25, 0.3) is 0 Å². The number of ether oxygens (including phenoxy) is 2. The topological polar surface area (TPSA) is 18.5 Å². The second-order valence-electron chi connectivity index (χ2n) is 13.5. The third-order valence-electron chi connectivity index (χ3n) is 12.0. The van der Waals surface area contributed by atoms with Gasteiger partial charge in [-0.15, -0.1) is 0 Å². The van der Waals surface area contributed by atoms with Crippen molar-refractivity contribution >= 4 is 10.8 Å². The lowest BCUT2D eigenvalue weighted by atomic mass is 9.80. The van der Waals surface area contributed by atoms with Gasteiger partial charge in [-0.25, -0.2) is 0 Å². The van der Waals surface area contributed by atoms with Crippen molar-refractivity contribution in [3.8, 4) is 5.75 Å². The smallest absolute Gasteiger partial charge is 0.126 e. The summed E-state index contributed by atoms with van der Waals surface area (Å²) in [5, 5.41) is 2.72. The maximum absolute atomic E-state index is 6.82. The van der Waals surface area contributed by atoms with Gasteiger partial charge in [0.2, 0.25) is 0 Å². The third kappa shape index (κ3) is 1.67. The second-order valence-corrected chi connectivity index (χ2v) is 13.5. The van der Waals surface area contributed by atoms with Gasteiger partial charge in [-0.05, 0) is 121 Å². The van der Waals surface area contributed by atoms with Crippen LogP contribution in [0.25, 0.3) is 10.8 Å². The van der Waals surface area contributed by atoms with Crippen LogP contribution in [0.5, 0.6) is 5.75 Å². The molecular weight excluding hydrogens is 392 g/mol. The third-order valence-corrected chi connectivity index (χ3v) is 12.0. The van der Waals surface area contributed by atoms with Gasteiger partial charge in [-0.2, -0.15) is 0 Å². The lowest BCUT2D eigenvalue weighted by Gasteiger charge is -2.30. The van der Waals surface area contributed by atoms with Gasteiger partial charge in [0.05, 0.1) is 18.8 Å². The molecule has 8 fully saturated rings. The van der Waals surface area contributed by atoms with Crippen molar-refractivity contribution in [3.63, 3.8) is 0 Å². The minimum absolute atomic E-state index is 0.0178. The Bertz CT molecular complexity index is 1110. The van der Waals surface area contributed by atoms with Crippen molar-refractivity contribution < 1.29 is 9.47 Å². The van der Waals surface area contributed by atoms with Gasteiger partial charge in [0.15, 0.2) is 0 Å². The Kier molecular flexibility index (Phi) is 2.93. The van der Waals surface area contributed by atoms with Crippen LogP contribution < -0.4 is 4.74 Å². The maximum atomic E-state index is 6.82. The zero-order valence-electron chi connectivity index (χ0n) is 19.6. The fourth-order valence-electron chi connectivity index (χ4n) is 12.5. The molecule has 8 unspecified atom stereocenters. The van der Waals surface area contributed by atoms with Gasteiger partial charge >= 0.3 is 0 Å². The molecule has 8 aliphatic rings. The molecule has 10 rings (SSSR count). The van der Waals surface area contributed by atoms with E-state index in [4.69, 9.17) is 9.47 Å². The van der Waals surface area contributed by atoms with Crippen LogP contribution in [0, 0.1) is 76.9 Å². The van der Waals surface area contributed by atoms with Crippen LogP contribution in [0.15, 0.2) is 36.4 Å². The summed E-state index contributed by atoms with van der Waals surface area (Å²) < 4.78 is 12.5. The van der Waals surface area contributed by atoms with Crippen LogP contribution in [0.1, 0.15) is 26.3 Å². The Balaban J connectivity index is 1.10. The van der Waals surface area contributed by atoms with Crippen LogP contribution in [-0.2, 0) is 11.2 Å². The van der Waals surface area contributed by atoms with Crippen LogP contribution in [-0.4, -0.2) is 18.8 Å². The first-order valence-electron chi connectivity index (χ1n) is 13.2. The highest BCUT2D eigenvalue weighted by Gasteiger charge is 2.92. The van der Waals surface area contributed by atoms with Crippen LogP contribution in [0.3, 0.4) is 0 Å². The van der Waals surface area contributed by atoms with E-state index in [1.807, 2.05) is 0 Å². The van der Waals surface area contributed by atoms with E-state index in [1.165, 1.54) is 17.2 Å². The van der Waals surface area contributed by atoms with E-state index in [0.29, 0.717) is 6.10 Å². The summed E-state index contributed by atoms with van der Waals surface area (Å²) in [7, 11) is 1.80. The molecule has 0 aromatic heterocycles. The average Bonchev–Trinajstić information content (AvgIpc) is 3.54. The van der Waals surface area contributed by atoms with Crippen molar-refractivity contribution in [2.75, 3.05) is 7.11 Å². The average molecular weight is 427 g/mol. The molecule has 2 nitrogen and oxygen atoms in total. The van der Waals surface area contributed by atoms with Crippen molar-refractivity contribution in [3.05, 3.63) is 42.0 Å². The Labute approximate surface area is 191 Å². The first-order chi connectivity index (χ1) is 15.5. The fraction of sp³-hybridized carbons (Fsp3) is 0.667. The number of rotatable bonds is 4. The van der Waals surface area contributed by atoms with E-state index in [-0.39, 0.29) is 5.60 Å². The minimum atomic E-state index is 0.0178. The first kappa shape index (κ1) is 17.9.